The molecule has 1 atom stereocenters. The zero-order valence-corrected chi connectivity index (χ0v) is 13.9. The first-order chi connectivity index (χ1) is 11.3. The van der Waals surface area contributed by atoms with Crippen LogP contribution in [0.5, 0.6) is 11.5 Å². The molecule has 1 saturated heterocycles. The molecule has 1 N–H and O–H groups in total. The molecule has 2 heterocycles. The Labute approximate surface area is 140 Å². The molecule has 6 heteroatoms. The number of carbonyl (C=O) groups excluding carboxylic acids is 1. The second kappa shape index (κ2) is 6.51. The standard InChI is InChI=1S/C17H22N2O3S/c20-17(18-13-4-2-1-3-5-13)19-8-9-23-16(19)12-6-7-14-15(10-12)22-11-21-14/h6-7,10,13,16H,1-5,8-9,11H2,(H,18,20). The molecule has 5 nitrogen and oxygen atoms in total. The minimum absolute atomic E-state index is 0.0630. The quantitative estimate of drug-likeness (QED) is 0.899. The summed E-state index contributed by atoms with van der Waals surface area (Å²) >= 11 is 1.81. The molecule has 3 aliphatic rings. The molecule has 2 fully saturated rings. The molecule has 1 aliphatic carbocycles. The molecule has 1 aromatic rings. The summed E-state index contributed by atoms with van der Waals surface area (Å²) in [6.07, 6.45) is 5.98. The molecular weight excluding hydrogens is 312 g/mol. The van der Waals surface area contributed by atoms with Crippen molar-refractivity contribution in [2.75, 3.05) is 19.1 Å². The van der Waals surface area contributed by atoms with Crippen LogP contribution in [-0.4, -0.2) is 36.1 Å². The third-order valence-corrected chi connectivity index (χ3v) is 6.03. The van der Waals surface area contributed by atoms with Crippen molar-refractivity contribution in [1.29, 1.82) is 0 Å². The van der Waals surface area contributed by atoms with Crippen LogP contribution >= 0.6 is 11.8 Å². The van der Waals surface area contributed by atoms with Gasteiger partial charge in [0.1, 0.15) is 5.37 Å². The third-order valence-electron chi connectivity index (χ3n) is 4.77. The summed E-state index contributed by atoms with van der Waals surface area (Å²) in [5.74, 6) is 2.54. The number of fused-ring (bicyclic) bond motifs is 1. The largest absolute Gasteiger partial charge is 0.454 e. The zero-order chi connectivity index (χ0) is 15.6. The number of amides is 2. The topological polar surface area (TPSA) is 50.8 Å². The first kappa shape index (κ1) is 15.0. The molecule has 2 aliphatic heterocycles. The molecule has 0 spiro atoms. The summed E-state index contributed by atoms with van der Waals surface area (Å²) in [5, 5.41) is 3.29. The fraction of sp³-hybridized carbons (Fsp3) is 0.588. The summed E-state index contributed by atoms with van der Waals surface area (Å²) in [6, 6.07) is 6.40. The molecule has 2 amide bonds. The first-order valence-electron chi connectivity index (χ1n) is 8.39. The molecule has 1 aromatic carbocycles. The summed E-state index contributed by atoms with van der Waals surface area (Å²) in [6.45, 7) is 1.07. The smallest absolute Gasteiger partial charge is 0.318 e. The highest BCUT2D eigenvalue weighted by Gasteiger charge is 2.32. The Kier molecular flexibility index (Phi) is 4.25. The number of thioether (sulfide) groups is 1. The van der Waals surface area contributed by atoms with Crippen LogP contribution in [0, 0.1) is 0 Å². The Balaban J connectivity index is 1.46. The van der Waals surface area contributed by atoms with Gasteiger partial charge < -0.3 is 19.7 Å². The van der Waals surface area contributed by atoms with E-state index in [2.05, 4.69) is 5.32 Å². The van der Waals surface area contributed by atoms with Crippen LogP contribution in [0.15, 0.2) is 18.2 Å². The minimum atomic E-state index is 0.0630. The number of nitrogens with one attached hydrogen (secondary N) is 1. The molecule has 1 unspecified atom stereocenters. The minimum Gasteiger partial charge on any atom is -0.454 e. The SMILES string of the molecule is O=C(NC1CCCCC1)N1CCSC1c1ccc2c(c1)OCO2. The van der Waals surface area contributed by atoms with Crippen LogP contribution < -0.4 is 14.8 Å². The van der Waals surface area contributed by atoms with Gasteiger partial charge in [0.15, 0.2) is 11.5 Å². The Bertz CT molecular complexity index is 589. The lowest BCUT2D eigenvalue weighted by atomic mass is 9.96. The van der Waals surface area contributed by atoms with E-state index in [-0.39, 0.29) is 18.2 Å². The molecule has 124 valence electrons. The van der Waals surface area contributed by atoms with Gasteiger partial charge in [-0.1, -0.05) is 25.3 Å². The van der Waals surface area contributed by atoms with Gasteiger partial charge in [0, 0.05) is 18.3 Å². The number of ether oxygens (including phenoxy) is 2. The summed E-state index contributed by atoms with van der Waals surface area (Å²) in [5.41, 5.74) is 1.11. The zero-order valence-electron chi connectivity index (χ0n) is 13.1. The fourth-order valence-corrected chi connectivity index (χ4v) is 4.77. The Morgan fingerprint density at radius 3 is 2.87 bits per heavy atom. The van der Waals surface area contributed by atoms with Crippen molar-refractivity contribution in [1.82, 2.24) is 10.2 Å². The number of urea groups is 1. The third kappa shape index (κ3) is 3.09. The molecule has 0 bridgehead atoms. The van der Waals surface area contributed by atoms with E-state index in [4.69, 9.17) is 9.47 Å². The number of nitrogens with zero attached hydrogens (tertiary/aromatic N) is 1. The van der Waals surface area contributed by atoms with Crippen molar-refractivity contribution in [3.05, 3.63) is 23.8 Å². The van der Waals surface area contributed by atoms with Crippen LogP contribution in [0.2, 0.25) is 0 Å². The van der Waals surface area contributed by atoms with Crippen LogP contribution in [0.3, 0.4) is 0 Å². The Morgan fingerprint density at radius 1 is 1.17 bits per heavy atom. The highest BCUT2D eigenvalue weighted by molar-refractivity contribution is 7.99. The highest BCUT2D eigenvalue weighted by Crippen LogP contribution is 2.42. The lowest BCUT2D eigenvalue weighted by molar-refractivity contribution is 0.173. The Morgan fingerprint density at radius 2 is 2.00 bits per heavy atom. The maximum atomic E-state index is 12.7. The second-order valence-corrected chi connectivity index (χ2v) is 7.50. The van der Waals surface area contributed by atoms with E-state index in [1.54, 1.807) is 0 Å². The summed E-state index contributed by atoms with van der Waals surface area (Å²) < 4.78 is 10.8. The predicted octanol–water partition coefficient (Wildman–Crippen LogP) is 3.51. The molecule has 1 saturated carbocycles. The van der Waals surface area contributed by atoms with Gasteiger partial charge in [-0.05, 0) is 30.5 Å². The normalized spacial score (nSPS) is 24.0. The summed E-state index contributed by atoms with van der Waals surface area (Å²) in [7, 11) is 0. The summed E-state index contributed by atoms with van der Waals surface area (Å²) in [4.78, 5) is 14.6. The number of benzene rings is 1. The van der Waals surface area contributed by atoms with Crippen molar-refractivity contribution in [3.63, 3.8) is 0 Å². The highest BCUT2D eigenvalue weighted by atomic mass is 32.2. The van der Waals surface area contributed by atoms with E-state index in [0.717, 1.165) is 42.2 Å². The Hall–Kier alpha value is -1.56. The number of hydrogen-bond acceptors (Lipinski definition) is 4. The monoisotopic (exact) mass is 334 g/mol. The molecule has 0 radical (unpaired) electrons. The lowest BCUT2D eigenvalue weighted by Crippen LogP contribution is -2.45. The van der Waals surface area contributed by atoms with E-state index < -0.39 is 0 Å². The van der Waals surface area contributed by atoms with Crippen molar-refractivity contribution >= 4 is 17.8 Å². The van der Waals surface area contributed by atoms with Crippen LogP contribution in [0.1, 0.15) is 43.0 Å². The molecule has 4 rings (SSSR count). The number of rotatable bonds is 2. The van der Waals surface area contributed by atoms with Gasteiger partial charge in [-0.2, -0.15) is 0 Å². The van der Waals surface area contributed by atoms with Gasteiger partial charge in [-0.3, -0.25) is 0 Å². The average Bonchev–Trinajstić information content (AvgIpc) is 3.24. The van der Waals surface area contributed by atoms with Crippen molar-refractivity contribution < 1.29 is 14.3 Å². The van der Waals surface area contributed by atoms with Crippen molar-refractivity contribution in [2.24, 2.45) is 0 Å². The molecule has 0 aromatic heterocycles. The van der Waals surface area contributed by atoms with E-state index in [1.165, 1.54) is 19.3 Å². The van der Waals surface area contributed by atoms with Crippen LogP contribution in [0.4, 0.5) is 4.79 Å². The van der Waals surface area contributed by atoms with E-state index in [1.807, 2.05) is 34.9 Å². The van der Waals surface area contributed by atoms with Gasteiger partial charge in [0.25, 0.3) is 0 Å². The van der Waals surface area contributed by atoms with E-state index in [0.29, 0.717) is 6.04 Å². The van der Waals surface area contributed by atoms with Crippen molar-refractivity contribution in [2.45, 2.75) is 43.5 Å². The predicted molar refractivity (Wildman–Crippen MR) is 89.9 cm³/mol. The van der Waals surface area contributed by atoms with Crippen molar-refractivity contribution in [3.8, 4) is 11.5 Å². The van der Waals surface area contributed by atoms with Crippen LogP contribution in [0.25, 0.3) is 0 Å². The number of hydrogen-bond donors (Lipinski definition) is 1. The maximum Gasteiger partial charge on any atom is 0.318 e. The fourth-order valence-electron chi connectivity index (χ4n) is 3.53. The van der Waals surface area contributed by atoms with E-state index in [9.17, 15) is 4.79 Å². The van der Waals surface area contributed by atoms with Gasteiger partial charge >= 0.3 is 6.03 Å². The number of carbonyl (C=O) groups is 1. The maximum absolute atomic E-state index is 12.7. The first-order valence-corrected chi connectivity index (χ1v) is 9.44. The molecular formula is C17H22N2O3S. The van der Waals surface area contributed by atoms with E-state index >= 15 is 0 Å². The lowest BCUT2D eigenvalue weighted by Gasteiger charge is -2.29. The van der Waals surface area contributed by atoms with Gasteiger partial charge in [-0.15, -0.1) is 11.8 Å². The van der Waals surface area contributed by atoms with Gasteiger partial charge in [0.05, 0.1) is 0 Å². The van der Waals surface area contributed by atoms with Gasteiger partial charge in [0.2, 0.25) is 6.79 Å². The van der Waals surface area contributed by atoms with Gasteiger partial charge in [-0.25, -0.2) is 4.79 Å². The van der Waals surface area contributed by atoms with Crippen LogP contribution in [-0.2, 0) is 0 Å². The second-order valence-electron chi connectivity index (χ2n) is 6.31. The average molecular weight is 334 g/mol. The molecule has 23 heavy (non-hydrogen) atoms.